The maximum absolute atomic E-state index is 13.7. The fourth-order valence-corrected chi connectivity index (χ4v) is 4.83. The summed E-state index contributed by atoms with van der Waals surface area (Å²) in [7, 11) is 3.79. The quantitative estimate of drug-likeness (QED) is 0.645. The standard InChI is InChI=1S/C24H28N6O2/c1-29-10-8-24(9-11-29)16-30(21-7-6-17(13-25-21)18-14-26-27-15-18)23(31)22(24)28-19-4-3-5-20(12-19)32-2/h3-7,12-15,22,28H,8-11,16H2,1-2H3,(H,26,27). The molecule has 3 aromatic rings. The third kappa shape index (κ3) is 3.71. The van der Waals surface area contributed by atoms with Crippen LogP contribution in [0, 0.1) is 5.41 Å². The fraction of sp³-hybridized carbons (Fsp3) is 0.375. The summed E-state index contributed by atoms with van der Waals surface area (Å²) in [6.45, 7) is 2.62. The summed E-state index contributed by atoms with van der Waals surface area (Å²) in [5.41, 5.74) is 2.69. The normalized spacial score (nSPS) is 20.6. The summed E-state index contributed by atoms with van der Waals surface area (Å²) >= 11 is 0. The summed E-state index contributed by atoms with van der Waals surface area (Å²) in [5.74, 6) is 1.53. The van der Waals surface area contributed by atoms with Gasteiger partial charge >= 0.3 is 0 Å². The third-order valence-corrected chi connectivity index (χ3v) is 6.82. The smallest absolute Gasteiger partial charge is 0.251 e. The van der Waals surface area contributed by atoms with E-state index in [9.17, 15) is 4.79 Å². The average Bonchev–Trinajstić information content (AvgIpc) is 3.45. The van der Waals surface area contributed by atoms with Gasteiger partial charge < -0.3 is 15.0 Å². The topological polar surface area (TPSA) is 86.4 Å². The molecule has 4 heterocycles. The van der Waals surface area contributed by atoms with E-state index in [1.165, 1.54) is 0 Å². The van der Waals surface area contributed by atoms with Gasteiger partial charge in [0, 0.05) is 47.2 Å². The third-order valence-electron chi connectivity index (χ3n) is 6.82. The number of nitrogens with one attached hydrogen (secondary N) is 2. The number of likely N-dealkylation sites (tertiary alicyclic amines) is 1. The highest BCUT2D eigenvalue weighted by Crippen LogP contribution is 2.44. The molecule has 8 nitrogen and oxygen atoms in total. The average molecular weight is 433 g/mol. The fourth-order valence-electron chi connectivity index (χ4n) is 4.83. The van der Waals surface area contributed by atoms with Crippen LogP contribution in [0.3, 0.4) is 0 Å². The van der Waals surface area contributed by atoms with Gasteiger partial charge in [-0.05, 0) is 57.2 Å². The number of methoxy groups -OCH3 is 1. The van der Waals surface area contributed by atoms with Crippen LogP contribution in [0.5, 0.6) is 5.75 Å². The molecule has 2 aliphatic heterocycles. The molecule has 0 bridgehead atoms. The van der Waals surface area contributed by atoms with Gasteiger partial charge in [-0.2, -0.15) is 5.10 Å². The molecule has 1 amide bonds. The number of ether oxygens (including phenoxy) is 1. The number of carbonyl (C=O) groups excluding carboxylic acids is 1. The van der Waals surface area contributed by atoms with Crippen LogP contribution in [0.25, 0.3) is 11.1 Å². The Hall–Kier alpha value is -3.39. The van der Waals surface area contributed by atoms with Gasteiger partial charge in [0.2, 0.25) is 0 Å². The summed E-state index contributed by atoms with van der Waals surface area (Å²) in [4.78, 5) is 22.5. The number of H-pyrrole nitrogens is 1. The van der Waals surface area contributed by atoms with E-state index in [1.807, 2.05) is 47.5 Å². The molecule has 166 valence electrons. The first-order valence-corrected chi connectivity index (χ1v) is 10.9. The Labute approximate surface area is 187 Å². The molecule has 0 aliphatic carbocycles. The minimum atomic E-state index is -0.307. The van der Waals surface area contributed by atoms with Crippen LogP contribution in [0.2, 0.25) is 0 Å². The minimum absolute atomic E-state index is 0.0703. The first-order chi connectivity index (χ1) is 15.6. The second-order valence-electron chi connectivity index (χ2n) is 8.79. The summed E-state index contributed by atoms with van der Waals surface area (Å²) in [5, 5.41) is 10.4. The van der Waals surface area contributed by atoms with Crippen LogP contribution in [-0.2, 0) is 4.79 Å². The Kier molecular flexibility index (Phi) is 5.30. The molecule has 32 heavy (non-hydrogen) atoms. The second-order valence-corrected chi connectivity index (χ2v) is 8.79. The lowest BCUT2D eigenvalue weighted by Gasteiger charge is -2.40. The molecule has 0 saturated carbocycles. The van der Waals surface area contributed by atoms with Crippen molar-refractivity contribution in [3.05, 3.63) is 55.0 Å². The van der Waals surface area contributed by atoms with Crippen LogP contribution in [0.15, 0.2) is 55.0 Å². The van der Waals surface area contributed by atoms with Crippen molar-refractivity contribution < 1.29 is 9.53 Å². The Morgan fingerprint density at radius 2 is 2.00 bits per heavy atom. The molecule has 5 rings (SSSR count). The molecule has 2 saturated heterocycles. The lowest BCUT2D eigenvalue weighted by molar-refractivity contribution is -0.119. The van der Waals surface area contributed by atoms with Crippen LogP contribution in [-0.4, -0.2) is 65.8 Å². The van der Waals surface area contributed by atoms with Crippen molar-refractivity contribution in [1.82, 2.24) is 20.1 Å². The van der Waals surface area contributed by atoms with Gasteiger partial charge in [0.05, 0.1) is 13.3 Å². The molecular formula is C24H28N6O2. The number of hydrogen-bond donors (Lipinski definition) is 2. The molecule has 0 radical (unpaired) electrons. The van der Waals surface area contributed by atoms with Gasteiger partial charge in [0.25, 0.3) is 5.91 Å². The summed E-state index contributed by atoms with van der Waals surface area (Å²) in [6, 6.07) is 11.4. The lowest BCUT2D eigenvalue weighted by atomic mass is 9.74. The van der Waals surface area contributed by atoms with E-state index in [0.717, 1.165) is 48.5 Å². The van der Waals surface area contributed by atoms with E-state index in [-0.39, 0.29) is 17.4 Å². The number of carbonyl (C=O) groups is 1. The predicted molar refractivity (Wildman–Crippen MR) is 124 cm³/mol. The van der Waals surface area contributed by atoms with E-state index in [0.29, 0.717) is 12.4 Å². The van der Waals surface area contributed by atoms with Crippen LogP contribution in [0.4, 0.5) is 11.5 Å². The Bertz CT molecular complexity index is 1070. The van der Waals surface area contributed by atoms with E-state index in [2.05, 4.69) is 32.4 Å². The zero-order valence-electron chi connectivity index (χ0n) is 18.4. The number of rotatable bonds is 5. The van der Waals surface area contributed by atoms with Crippen LogP contribution < -0.4 is 15.0 Å². The van der Waals surface area contributed by atoms with E-state index in [4.69, 9.17) is 4.74 Å². The van der Waals surface area contributed by atoms with Crippen molar-refractivity contribution in [2.24, 2.45) is 5.41 Å². The van der Waals surface area contributed by atoms with Crippen molar-refractivity contribution >= 4 is 17.4 Å². The van der Waals surface area contributed by atoms with E-state index < -0.39 is 0 Å². The number of benzene rings is 1. The van der Waals surface area contributed by atoms with Gasteiger partial charge in [0.15, 0.2) is 0 Å². The first kappa shape index (κ1) is 20.5. The van der Waals surface area contributed by atoms with E-state index >= 15 is 0 Å². The Morgan fingerprint density at radius 1 is 1.16 bits per heavy atom. The summed E-state index contributed by atoms with van der Waals surface area (Å²) < 4.78 is 5.37. The number of nitrogens with zero attached hydrogens (tertiary/aromatic N) is 4. The van der Waals surface area contributed by atoms with Crippen LogP contribution in [0.1, 0.15) is 12.8 Å². The van der Waals surface area contributed by atoms with Crippen molar-refractivity contribution in [2.75, 3.05) is 44.0 Å². The van der Waals surface area contributed by atoms with Gasteiger partial charge in [0.1, 0.15) is 17.6 Å². The minimum Gasteiger partial charge on any atom is -0.497 e. The van der Waals surface area contributed by atoms with Gasteiger partial charge in [-0.25, -0.2) is 4.98 Å². The molecule has 1 aromatic carbocycles. The number of amides is 1. The number of anilines is 2. The second kappa shape index (κ2) is 8.27. The molecular weight excluding hydrogens is 404 g/mol. The molecule has 1 spiro atoms. The monoisotopic (exact) mass is 432 g/mol. The van der Waals surface area contributed by atoms with Gasteiger partial charge in [-0.3, -0.25) is 14.8 Å². The van der Waals surface area contributed by atoms with Crippen molar-refractivity contribution in [2.45, 2.75) is 18.9 Å². The molecule has 1 atom stereocenters. The van der Waals surface area contributed by atoms with Crippen molar-refractivity contribution in [3.63, 3.8) is 0 Å². The molecule has 2 aliphatic rings. The van der Waals surface area contributed by atoms with Crippen molar-refractivity contribution in [3.8, 4) is 16.9 Å². The highest BCUT2D eigenvalue weighted by Gasteiger charge is 2.53. The van der Waals surface area contributed by atoms with Crippen molar-refractivity contribution in [1.29, 1.82) is 0 Å². The highest BCUT2D eigenvalue weighted by atomic mass is 16.5. The number of piperidine rings is 1. The first-order valence-electron chi connectivity index (χ1n) is 10.9. The van der Waals surface area contributed by atoms with Crippen LogP contribution >= 0.6 is 0 Å². The predicted octanol–water partition coefficient (Wildman–Crippen LogP) is 3.02. The molecule has 8 heteroatoms. The molecule has 1 unspecified atom stereocenters. The van der Waals surface area contributed by atoms with Gasteiger partial charge in [-0.1, -0.05) is 6.07 Å². The number of pyridine rings is 1. The molecule has 2 aromatic heterocycles. The SMILES string of the molecule is COc1cccc(NC2C(=O)N(c3ccc(-c4cn[nH]c4)cn3)CC23CCN(C)CC3)c1. The number of aromatic nitrogens is 3. The number of hydrogen-bond acceptors (Lipinski definition) is 6. The highest BCUT2D eigenvalue weighted by molar-refractivity contribution is 6.01. The maximum Gasteiger partial charge on any atom is 0.251 e. The zero-order valence-corrected chi connectivity index (χ0v) is 18.4. The van der Waals surface area contributed by atoms with Gasteiger partial charge in [-0.15, -0.1) is 0 Å². The number of aromatic amines is 1. The zero-order chi connectivity index (χ0) is 22.1. The Morgan fingerprint density at radius 3 is 2.69 bits per heavy atom. The largest absolute Gasteiger partial charge is 0.497 e. The van der Waals surface area contributed by atoms with E-state index in [1.54, 1.807) is 19.5 Å². The lowest BCUT2D eigenvalue weighted by Crippen LogP contribution is -2.48. The summed E-state index contributed by atoms with van der Waals surface area (Å²) in [6.07, 6.45) is 7.32. The molecule has 2 N–H and O–H groups in total. The molecule has 2 fully saturated rings. The Balaban J connectivity index is 1.44. The maximum atomic E-state index is 13.7.